The quantitative estimate of drug-likeness (QED) is 0.723. The van der Waals surface area contributed by atoms with E-state index in [0.717, 1.165) is 11.1 Å². The van der Waals surface area contributed by atoms with Gasteiger partial charge in [-0.3, -0.25) is 9.58 Å². The SMILES string of the molecule is Cn1cc(CN(C(=O)OCc2ccccc2)c2ccc(C(=O)O)cc2)cn1. The number of hydrogen-bond acceptors (Lipinski definition) is 4. The molecule has 7 heteroatoms. The second-order valence-electron chi connectivity index (χ2n) is 6.00. The van der Waals surface area contributed by atoms with Crippen molar-refractivity contribution in [2.75, 3.05) is 4.90 Å². The first-order chi connectivity index (χ1) is 13.0. The van der Waals surface area contributed by atoms with E-state index < -0.39 is 12.1 Å². The van der Waals surface area contributed by atoms with E-state index in [1.807, 2.05) is 36.5 Å². The van der Waals surface area contributed by atoms with Gasteiger partial charge in [0.1, 0.15) is 6.61 Å². The molecule has 0 fully saturated rings. The van der Waals surface area contributed by atoms with E-state index in [9.17, 15) is 9.59 Å². The first kappa shape index (κ1) is 18.2. The van der Waals surface area contributed by atoms with Crippen molar-refractivity contribution >= 4 is 17.7 Å². The number of hydrogen-bond donors (Lipinski definition) is 1. The molecule has 0 unspecified atom stereocenters. The van der Waals surface area contributed by atoms with Crippen LogP contribution in [0, 0.1) is 0 Å². The predicted octanol–water partition coefficient (Wildman–Crippen LogP) is 3.46. The monoisotopic (exact) mass is 365 g/mol. The third-order valence-electron chi connectivity index (χ3n) is 3.95. The Morgan fingerprint density at radius 1 is 1.07 bits per heavy atom. The van der Waals surface area contributed by atoms with E-state index in [1.54, 1.807) is 30.1 Å². The third kappa shape index (κ3) is 4.72. The van der Waals surface area contributed by atoms with E-state index in [4.69, 9.17) is 9.84 Å². The van der Waals surface area contributed by atoms with Crippen molar-refractivity contribution in [2.45, 2.75) is 13.2 Å². The van der Waals surface area contributed by atoms with Crippen molar-refractivity contribution in [3.8, 4) is 0 Å². The molecule has 3 rings (SSSR count). The lowest BCUT2D eigenvalue weighted by Gasteiger charge is -2.22. The summed E-state index contributed by atoms with van der Waals surface area (Å²) in [4.78, 5) is 25.2. The summed E-state index contributed by atoms with van der Waals surface area (Å²) in [5, 5.41) is 13.2. The smallest absolute Gasteiger partial charge is 0.414 e. The van der Waals surface area contributed by atoms with Gasteiger partial charge in [-0.1, -0.05) is 30.3 Å². The summed E-state index contributed by atoms with van der Waals surface area (Å²) in [5.74, 6) is -1.02. The minimum Gasteiger partial charge on any atom is -0.478 e. The fourth-order valence-corrected chi connectivity index (χ4v) is 2.58. The number of nitrogens with zero attached hydrogens (tertiary/aromatic N) is 3. The topological polar surface area (TPSA) is 84.7 Å². The van der Waals surface area contributed by atoms with Crippen LogP contribution in [0.15, 0.2) is 67.0 Å². The van der Waals surface area contributed by atoms with Crippen molar-refractivity contribution in [1.82, 2.24) is 9.78 Å². The second kappa shape index (κ2) is 8.18. The molecule has 3 aromatic rings. The second-order valence-corrected chi connectivity index (χ2v) is 6.00. The maximum absolute atomic E-state index is 12.7. The van der Waals surface area contributed by atoms with Gasteiger partial charge in [-0.25, -0.2) is 9.59 Å². The molecule has 0 aliphatic rings. The molecule has 1 amide bonds. The molecule has 0 atom stereocenters. The first-order valence-corrected chi connectivity index (χ1v) is 8.32. The molecule has 0 radical (unpaired) electrons. The summed E-state index contributed by atoms with van der Waals surface area (Å²) in [6.45, 7) is 0.407. The van der Waals surface area contributed by atoms with Gasteiger partial charge in [0.15, 0.2) is 0 Å². The van der Waals surface area contributed by atoms with Crippen LogP contribution in [-0.4, -0.2) is 26.9 Å². The largest absolute Gasteiger partial charge is 0.478 e. The fourth-order valence-electron chi connectivity index (χ4n) is 2.58. The molecule has 1 aromatic heterocycles. The normalized spacial score (nSPS) is 10.4. The zero-order valence-electron chi connectivity index (χ0n) is 14.8. The average molecular weight is 365 g/mol. The summed E-state index contributed by atoms with van der Waals surface area (Å²) < 4.78 is 7.09. The molecule has 0 spiro atoms. The number of ether oxygens (including phenoxy) is 1. The van der Waals surface area contributed by atoms with Gasteiger partial charge in [-0.05, 0) is 29.8 Å². The Labute approximate surface area is 156 Å². The minimum absolute atomic E-state index is 0.149. The molecule has 0 bridgehead atoms. The summed E-state index contributed by atoms with van der Waals surface area (Å²) in [7, 11) is 1.79. The number of carbonyl (C=O) groups is 2. The molecular weight excluding hydrogens is 346 g/mol. The standard InChI is InChI=1S/C20H19N3O4/c1-22-12-16(11-21-22)13-23(18-9-7-17(8-10-18)19(24)25)20(26)27-14-15-5-3-2-4-6-15/h2-12H,13-14H2,1H3,(H,24,25). The van der Waals surface area contributed by atoms with Crippen molar-refractivity contribution in [3.63, 3.8) is 0 Å². The van der Waals surface area contributed by atoms with Crippen LogP contribution >= 0.6 is 0 Å². The van der Waals surface area contributed by atoms with Crippen LogP contribution in [0.1, 0.15) is 21.5 Å². The Kier molecular flexibility index (Phi) is 5.51. The number of aryl methyl sites for hydroxylation is 1. The van der Waals surface area contributed by atoms with Crippen molar-refractivity contribution in [3.05, 3.63) is 83.7 Å². The van der Waals surface area contributed by atoms with Gasteiger partial charge >= 0.3 is 12.1 Å². The highest BCUT2D eigenvalue weighted by Gasteiger charge is 2.19. The van der Waals surface area contributed by atoms with Gasteiger partial charge in [0.25, 0.3) is 0 Å². The van der Waals surface area contributed by atoms with Gasteiger partial charge in [0.2, 0.25) is 0 Å². The number of aromatic nitrogens is 2. The molecule has 0 saturated heterocycles. The van der Waals surface area contributed by atoms with Crippen molar-refractivity contribution in [1.29, 1.82) is 0 Å². The Bertz CT molecular complexity index is 920. The summed E-state index contributed by atoms with van der Waals surface area (Å²) in [6.07, 6.45) is 2.96. The van der Waals surface area contributed by atoms with Crippen LogP contribution in [0.4, 0.5) is 10.5 Å². The van der Waals surface area contributed by atoms with E-state index in [-0.39, 0.29) is 18.7 Å². The molecular formula is C20H19N3O4. The lowest BCUT2D eigenvalue weighted by Crippen LogP contribution is -2.31. The van der Waals surface area contributed by atoms with Gasteiger partial charge in [0.05, 0.1) is 18.3 Å². The van der Waals surface area contributed by atoms with E-state index in [0.29, 0.717) is 5.69 Å². The fraction of sp³-hybridized carbons (Fsp3) is 0.150. The van der Waals surface area contributed by atoms with E-state index in [2.05, 4.69) is 5.10 Å². The van der Waals surface area contributed by atoms with Crippen molar-refractivity contribution < 1.29 is 19.4 Å². The van der Waals surface area contributed by atoms with Crippen LogP contribution in [0.2, 0.25) is 0 Å². The third-order valence-corrected chi connectivity index (χ3v) is 3.95. The minimum atomic E-state index is -1.02. The van der Waals surface area contributed by atoms with Gasteiger partial charge in [0, 0.05) is 24.5 Å². The van der Waals surface area contributed by atoms with Crippen LogP contribution in [0.25, 0.3) is 0 Å². The molecule has 1 N–H and O–H groups in total. The predicted molar refractivity (Wildman–Crippen MR) is 99.4 cm³/mol. The highest BCUT2D eigenvalue weighted by Crippen LogP contribution is 2.20. The average Bonchev–Trinajstić information content (AvgIpc) is 3.10. The summed E-state index contributed by atoms with van der Waals surface area (Å²) >= 11 is 0. The number of rotatable bonds is 6. The summed E-state index contributed by atoms with van der Waals surface area (Å²) in [5.41, 5.74) is 2.41. The Hall–Kier alpha value is -3.61. The number of carboxylic acids is 1. The molecule has 2 aromatic carbocycles. The maximum atomic E-state index is 12.7. The number of amides is 1. The van der Waals surface area contributed by atoms with Crippen LogP contribution in [0.5, 0.6) is 0 Å². The first-order valence-electron chi connectivity index (χ1n) is 8.32. The number of anilines is 1. The summed E-state index contributed by atoms with van der Waals surface area (Å²) in [6, 6.07) is 15.5. The van der Waals surface area contributed by atoms with Crippen LogP contribution in [0.3, 0.4) is 0 Å². The Balaban J connectivity index is 1.79. The Morgan fingerprint density at radius 2 is 1.78 bits per heavy atom. The highest BCUT2D eigenvalue weighted by molar-refractivity contribution is 5.90. The van der Waals surface area contributed by atoms with Gasteiger partial charge in [-0.2, -0.15) is 5.10 Å². The maximum Gasteiger partial charge on any atom is 0.414 e. The molecule has 27 heavy (non-hydrogen) atoms. The Morgan fingerprint density at radius 3 is 2.37 bits per heavy atom. The molecule has 0 saturated carbocycles. The van der Waals surface area contributed by atoms with Crippen LogP contribution < -0.4 is 4.90 Å². The number of carboxylic acid groups (broad SMARTS) is 1. The zero-order valence-corrected chi connectivity index (χ0v) is 14.8. The molecule has 138 valence electrons. The molecule has 7 nitrogen and oxygen atoms in total. The zero-order chi connectivity index (χ0) is 19.2. The van der Waals surface area contributed by atoms with E-state index >= 15 is 0 Å². The van der Waals surface area contributed by atoms with Crippen molar-refractivity contribution in [2.24, 2.45) is 7.05 Å². The van der Waals surface area contributed by atoms with E-state index in [1.165, 1.54) is 17.0 Å². The highest BCUT2D eigenvalue weighted by atomic mass is 16.6. The van der Waals surface area contributed by atoms with Crippen LogP contribution in [-0.2, 0) is 24.9 Å². The molecule has 1 heterocycles. The molecule has 0 aliphatic carbocycles. The number of aromatic carboxylic acids is 1. The number of benzene rings is 2. The lowest BCUT2D eigenvalue weighted by atomic mass is 10.2. The van der Waals surface area contributed by atoms with Gasteiger partial charge < -0.3 is 9.84 Å². The van der Waals surface area contributed by atoms with Gasteiger partial charge in [-0.15, -0.1) is 0 Å². The lowest BCUT2D eigenvalue weighted by molar-refractivity contribution is 0.0697. The molecule has 0 aliphatic heterocycles. The number of carbonyl (C=O) groups excluding carboxylic acids is 1.